The van der Waals surface area contributed by atoms with E-state index in [0.29, 0.717) is 11.4 Å². The third-order valence-electron chi connectivity index (χ3n) is 3.57. The van der Waals surface area contributed by atoms with Gasteiger partial charge in [-0.3, -0.25) is 0 Å². The van der Waals surface area contributed by atoms with E-state index >= 15 is 0 Å². The van der Waals surface area contributed by atoms with Gasteiger partial charge in [-0.2, -0.15) is 0 Å². The largest absolute Gasteiger partial charge is 0.478 e. The maximum absolute atomic E-state index is 13.9. The van der Waals surface area contributed by atoms with E-state index in [1.54, 1.807) is 31.2 Å². The summed E-state index contributed by atoms with van der Waals surface area (Å²) in [5.74, 6) is -0.644. The van der Waals surface area contributed by atoms with Gasteiger partial charge in [0.25, 0.3) is 0 Å². The van der Waals surface area contributed by atoms with Crippen molar-refractivity contribution < 1.29 is 14.3 Å². The lowest BCUT2D eigenvalue weighted by Gasteiger charge is -2.28. The van der Waals surface area contributed by atoms with Gasteiger partial charge in [0.1, 0.15) is 11.6 Å². The number of carbonyl (C=O) groups is 1. The Morgan fingerprint density at radius 2 is 2.05 bits per heavy atom. The molecular formula is C16H17FN2O2. The van der Waals surface area contributed by atoms with Gasteiger partial charge < -0.3 is 10.0 Å². The van der Waals surface area contributed by atoms with Gasteiger partial charge in [0, 0.05) is 18.8 Å². The molecule has 2 aromatic rings. The average Bonchev–Trinajstić information content (AvgIpc) is 2.46. The lowest BCUT2D eigenvalue weighted by molar-refractivity contribution is 0.0696. The molecule has 0 bridgehead atoms. The molecule has 0 fully saturated rings. The summed E-state index contributed by atoms with van der Waals surface area (Å²) in [6.45, 7) is 3.67. The van der Waals surface area contributed by atoms with Gasteiger partial charge >= 0.3 is 5.97 Å². The molecule has 1 aromatic carbocycles. The van der Waals surface area contributed by atoms with Crippen LogP contribution in [0, 0.1) is 12.7 Å². The minimum absolute atomic E-state index is 0.142. The van der Waals surface area contributed by atoms with Crippen molar-refractivity contribution in [2.24, 2.45) is 0 Å². The van der Waals surface area contributed by atoms with E-state index in [9.17, 15) is 9.18 Å². The molecule has 1 aromatic heterocycles. The number of hydrogen-bond acceptors (Lipinski definition) is 3. The highest BCUT2D eigenvalue weighted by molar-refractivity contribution is 5.87. The van der Waals surface area contributed by atoms with Gasteiger partial charge in [-0.1, -0.05) is 18.2 Å². The first-order valence-electron chi connectivity index (χ1n) is 6.59. The Labute approximate surface area is 122 Å². The maximum atomic E-state index is 13.9. The molecule has 0 aliphatic carbocycles. The van der Waals surface area contributed by atoms with E-state index in [1.807, 2.05) is 18.9 Å². The Hall–Kier alpha value is -2.43. The molecule has 4 nitrogen and oxygen atoms in total. The number of carboxylic acid groups (broad SMARTS) is 1. The lowest BCUT2D eigenvalue weighted by Crippen LogP contribution is -2.24. The number of rotatable bonds is 4. The summed E-state index contributed by atoms with van der Waals surface area (Å²) in [4.78, 5) is 17.0. The molecule has 0 aliphatic heterocycles. The molecule has 2 rings (SSSR count). The maximum Gasteiger partial charge on any atom is 0.337 e. The second kappa shape index (κ2) is 5.91. The highest BCUT2D eigenvalue weighted by atomic mass is 19.1. The van der Waals surface area contributed by atoms with E-state index in [1.165, 1.54) is 12.3 Å². The van der Waals surface area contributed by atoms with E-state index in [0.717, 1.165) is 5.56 Å². The third-order valence-corrected chi connectivity index (χ3v) is 3.57. The highest BCUT2D eigenvalue weighted by Gasteiger charge is 2.19. The van der Waals surface area contributed by atoms with E-state index in [4.69, 9.17) is 5.11 Å². The van der Waals surface area contributed by atoms with Crippen molar-refractivity contribution in [3.8, 4) is 0 Å². The highest BCUT2D eigenvalue weighted by Crippen LogP contribution is 2.27. The molecule has 0 aliphatic rings. The van der Waals surface area contributed by atoms with Crippen molar-refractivity contribution in [2.75, 3.05) is 11.9 Å². The van der Waals surface area contributed by atoms with E-state index in [-0.39, 0.29) is 17.4 Å². The second-order valence-corrected chi connectivity index (χ2v) is 4.98. The minimum atomic E-state index is -1.01. The molecule has 0 amide bonds. The number of nitrogens with zero attached hydrogens (tertiary/aromatic N) is 2. The minimum Gasteiger partial charge on any atom is -0.478 e. The van der Waals surface area contributed by atoms with Gasteiger partial charge in [0.2, 0.25) is 0 Å². The molecule has 0 radical (unpaired) electrons. The molecule has 21 heavy (non-hydrogen) atoms. The summed E-state index contributed by atoms with van der Waals surface area (Å²) in [7, 11) is 1.81. The average molecular weight is 288 g/mol. The van der Waals surface area contributed by atoms with Gasteiger partial charge in [-0.25, -0.2) is 14.2 Å². The van der Waals surface area contributed by atoms with Crippen LogP contribution in [0.3, 0.4) is 0 Å². The number of halogens is 1. The van der Waals surface area contributed by atoms with Crippen LogP contribution in [0.2, 0.25) is 0 Å². The van der Waals surface area contributed by atoms with Crippen LogP contribution in [0.25, 0.3) is 0 Å². The monoisotopic (exact) mass is 288 g/mol. The zero-order valence-electron chi connectivity index (χ0n) is 12.2. The zero-order chi connectivity index (χ0) is 15.6. The Bertz CT molecular complexity index is 673. The zero-order valence-corrected chi connectivity index (χ0v) is 12.2. The first-order chi connectivity index (χ1) is 9.91. The van der Waals surface area contributed by atoms with Crippen LogP contribution in [-0.4, -0.2) is 23.1 Å². The first kappa shape index (κ1) is 15.0. The van der Waals surface area contributed by atoms with Crippen LogP contribution >= 0.6 is 0 Å². The number of benzene rings is 1. The normalized spacial score (nSPS) is 12.0. The summed E-state index contributed by atoms with van der Waals surface area (Å²) >= 11 is 0. The van der Waals surface area contributed by atoms with Gasteiger partial charge in [-0.15, -0.1) is 0 Å². The second-order valence-electron chi connectivity index (χ2n) is 4.98. The molecule has 110 valence electrons. The fraction of sp³-hybridized carbons (Fsp3) is 0.250. The van der Waals surface area contributed by atoms with Crippen molar-refractivity contribution in [3.63, 3.8) is 0 Å². The van der Waals surface area contributed by atoms with Crippen LogP contribution in [0.4, 0.5) is 10.2 Å². The molecule has 0 saturated carbocycles. The van der Waals surface area contributed by atoms with Crippen molar-refractivity contribution in [1.29, 1.82) is 0 Å². The number of aryl methyl sites for hydroxylation is 1. The van der Waals surface area contributed by atoms with E-state index in [2.05, 4.69) is 4.98 Å². The molecule has 1 N–H and O–H groups in total. The lowest BCUT2D eigenvalue weighted by atomic mass is 10.1. The molecule has 1 atom stereocenters. The fourth-order valence-electron chi connectivity index (χ4n) is 2.26. The van der Waals surface area contributed by atoms with Crippen molar-refractivity contribution in [1.82, 2.24) is 4.98 Å². The van der Waals surface area contributed by atoms with E-state index < -0.39 is 5.97 Å². The number of aromatic nitrogens is 1. The summed E-state index contributed by atoms with van der Waals surface area (Å²) in [6.07, 6.45) is 1.31. The molecule has 0 spiro atoms. The quantitative estimate of drug-likeness (QED) is 0.936. The van der Waals surface area contributed by atoms with Crippen LogP contribution in [0.1, 0.15) is 34.5 Å². The first-order valence-corrected chi connectivity index (χ1v) is 6.59. The topological polar surface area (TPSA) is 53.4 Å². The number of pyridine rings is 1. The van der Waals surface area contributed by atoms with Crippen LogP contribution in [0.5, 0.6) is 0 Å². The number of anilines is 1. The van der Waals surface area contributed by atoms with Gasteiger partial charge in [-0.05, 0) is 31.5 Å². The van der Waals surface area contributed by atoms with Gasteiger partial charge in [0.05, 0.1) is 11.6 Å². The summed E-state index contributed by atoms with van der Waals surface area (Å²) in [5, 5.41) is 8.96. The Kier molecular flexibility index (Phi) is 4.21. The van der Waals surface area contributed by atoms with Gasteiger partial charge in [0.15, 0.2) is 0 Å². The Balaban J connectivity index is 2.34. The molecule has 0 saturated heterocycles. The summed E-state index contributed by atoms with van der Waals surface area (Å²) in [6, 6.07) is 7.95. The summed E-state index contributed by atoms with van der Waals surface area (Å²) < 4.78 is 13.9. The molecule has 1 heterocycles. The third kappa shape index (κ3) is 3.02. The number of hydrogen-bond donors (Lipinski definition) is 1. The Morgan fingerprint density at radius 3 is 2.62 bits per heavy atom. The summed E-state index contributed by atoms with van der Waals surface area (Å²) in [5.41, 5.74) is 1.45. The predicted octanol–water partition coefficient (Wildman–Crippen LogP) is 3.42. The van der Waals surface area contributed by atoms with Crippen LogP contribution in [-0.2, 0) is 0 Å². The van der Waals surface area contributed by atoms with Crippen molar-refractivity contribution in [2.45, 2.75) is 19.9 Å². The molecule has 1 unspecified atom stereocenters. The molecule has 5 heteroatoms. The fourth-order valence-corrected chi connectivity index (χ4v) is 2.26. The Morgan fingerprint density at radius 1 is 1.38 bits per heavy atom. The number of carboxylic acids is 1. The smallest absolute Gasteiger partial charge is 0.337 e. The number of aromatic carboxylic acids is 1. The van der Waals surface area contributed by atoms with Crippen LogP contribution in [0.15, 0.2) is 36.5 Å². The SMILES string of the molecule is Cc1cc(C(=O)O)cnc1N(C)C(C)c1ccccc1F. The molecular weight excluding hydrogens is 271 g/mol. The van der Waals surface area contributed by atoms with Crippen molar-refractivity contribution >= 4 is 11.8 Å². The predicted molar refractivity (Wildman–Crippen MR) is 79.2 cm³/mol. The standard InChI is InChI=1S/C16H17FN2O2/c1-10-8-12(16(20)21)9-18-15(10)19(3)11(2)13-6-4-5-7-14(13)17/h4-9,11H,1-3H3,(H,20,21). The van der Waals surface area contributed by atoms with Crippen LogP contribution < -0.4 is 4.90 Å². The van der Waals surface area contributed by atoms with Crippen molar-refractivity contribution in [3.05, 3.63) is 59.0 Å².